The van der Waals surface area contributed by atoms with Crippen LogP contribution in [0.1, 0.15) is 30.8 Å². The Morgan fingerprint density at radius 2 is 1.90 bits per heavy atom. The molecule has 0 saturated carbocycles. The zero-order valence-corrected chi connectivity index (χ0v) is 20.0. The van der Waals surface area contributed by atoms with Crippen LogP contribution in [0.15, 0.2) is 38.2 Å². The predicted molar refractivity (Wildman–Crippen MR) is 122 cm³/mol. The molecule has 0 unspecified atom stereocenters. The summed E-state index contributed by atoms with van der Waals surface area (Å²) >= 11 is 3.17. The van der Waals surface area contributed by atoms with Gasteiger partial charge < -0.3 is 4.74 Å². The molecular formula is C20H25N3O4S3. The van der Waals surface area contributed by atoms with Crippen molar-refractivity contribution in [2.45, 2.75) is 43.2 Å². The highest BCUT2D eigenvalue weighted by Crippen LogP contribution is 2.39. The molecule has 0 saturated heterocycles. The van der Waals surface area contributed by atoms with Crippen LogP contribution < -0.4 is 15.1 Å². The van der Waals surface area contributed by atoms with Crippen LogP contribution in [0.2, 0.25) is 0 Å². The van der Waals surface area contributed by atoms with Crippen molar-refractivity contribution in [2.75, 3.05) is 17.6 Å². The summed E-state index contributed by atoms with van der Waals surface area (Å²) in [5.41, 5.74) is 0.783. The first-order chi connectivity index (χ1) is 14.1. The molecule has 162 valence electrons. The second-order valence-corrected chi connectivity index (χ2v) is 11.5. The summed E-state index contributed by atoms with van der Waals surface area (Å²) in [4.78, 5) is 17.7. The minimum Gasteiger partial charge on any atom is -0.497 e. The largest absolute Gasteiger partial charge is 0.497 e. The standard InChI is InChI=1S/C20H25N3O4S3/c1-12(2)10-11-28-19-17-18(21-20(24)23(17)13(3)14(4)29-19)22-30(25,26)16-8-6-15(27-5)7-9-16/h6-9,12H,10-11H2,1-5H3,(H,21,22,24). The lowest BCUT2D eigenvalue weighted by molar-refractivity contribution is 0.414. The molecule has 0 amide bonds. The van der Waals surface area contributed by atoms with E-state index >= 15 is 0 Å². The van der Waals surface area contributed by atoms with Crippen molar-refractivity contribution in [1.29, 1.82) is 0 Å². The summed E-state index contributed by atoms with van der Waals surface area (Å²) < 4.78 is 35.8. The maximum absolute atomic E-state index is 12.9. The van der Waals surface area contributed by atoms with Crippen molar-refractivity contribution >= 4 is 38.9 Å². The van der Waals surface area contributed by atoms with Gasteiger partial charge in [-0.3, -0.25) is 9.29 Å². The first kappa shape index (κ1) is 22.6. The number of nitrogens with one attached hydrogen (secondary N) is 1. The second kappa shape index (κ2) is 8.99. The van der Waals surface area contributed by atoms with Gasteiger partial charge in [0.15, 0.2) is 5.82 Å². The number of methoxy groups -OCH3 is 1. The summed E-state index contributed by atoms with van der Waals surface area (Å²) in [6.45, 7) is 8.10. The van der Waals surface area contributed by atoms with Crippen molar-refractivity contribution in [1.82, 2.24) is 9.55 Å². The molecule has 2 aliphatic rings. The number of hydrogen-bond acceptors (Lipinski definition) is 7. The molecule has 1 N–H and O–H groups in total. The summed E-state index contributed by atoms with van der Waals surface area (Å²) in [5, 5.41) is 0. The molecule has 0 aromatic heterocycles. The molecule has 0 spiro atoms. The number of ether oxygens (including phenoxy) is 1. The van der Waals surface area contributed by atoms with Crippen molar-refractivity contribution < 1.29 is 13.2 Å². The van der Waals surface area contributed by atoms with Gasteiger partial charge in [0.2, 0.25) is 0 Å². The van der Waals surface area contributed by atoms with E-state index in [0.29, 0.717) is 17.4 Å². The van der Waals surface area contributed by atoms with Crippen LogP contribution in [-0.2, 0) is 10.0 Å². The van der Waals surface area contributed by atoms with E-state index in [1.807, 2.05) is 13.8 Å². The number of hydrogen-bond donors (Lipinski definition) is 1. The SMILES string of the molecule is COc1ccc(S(=O)(=O)Nc2nc(=O)n3c(C)c(C)sc(SCCC(C)C)c2-3)cc1. The third-order valence-electron chi connectivity index (χ3n) is 4.66. The Morgan fingerprint density at radius 3 is 2.50 bits per heavy atom. The molecular weight excluding hydrogens is 442 g/mol. The lowest BCUT2D eigenvalue weighted by Gasteiger charge is -2.16. The molecule has 30 heavy (non-hydrogen) atoms. The molecule has 1 aromatic rings. The lowest BCUT2D eigenvalue weighted by atomic mass is 10.2. The molecule has 7 nitrogen and oxygen atoms in total. The van der Waals surface area contributed by atoms with E-state index in [2.05, 4.69) is 23.6 Å². The Labute approximate surface area is 184 Å². The van der Waals surface area contributed by atoms with Gasteiger partial charge in [-0.1, -0.05) is 13.8 Å². The van der Waals surface area contributed by atoms with Gasteiger partial charge in [0.25, 0.3) is 10.0 Å². The smallest absolute Gasteiger partial charge is 0.354 e. The van der Waals surface area contributed by atoms with Gasteiger partial charge in [-0.2, -0.15) is 4.98 Å². The van der Waals surface area contributed by atoms with Gasteiger partial charge >= 0.3 is 5.69 Å². The number of anilines is 1. The quantitative estimate of drug-likeness (QED) is 0.497. The first-order valence-corrected chi connectivity index (χ1v) is 12.7. The summed E-state index contributed by atoms with van der Waals surface area (Å²) in [6, 6.07) is 6.05. The molecule has 10 heteroatoms. The number of aryl methyl sites for hydroxylation is 1. The number of benzene rings is 1. The normalized spacial score (nSPS) is 11.9. The van der Waals surface area contributed by atoms with Gasteiger partial charge in [0.1, 0.15) is 11.4 Å². The fraction of sp³-hybridized carbons (Fsp3) is 0.400. The maximum atomic E-state index is 12.9. The van der Waals surface area contributed by atoms with Gasteiger partial charge in [-0.15, -0.1) is 23.1 Å². The molecule has 0 bridgehead atoms. The van der Waals surface area contributed by atoms with Crippen LogP contribution in [0.3, 0.4) is 0 Å². The maximum Gasteiger partial charge on any atom is 0.354 e. The van der Waals surface area contributed by atoms with Crippen LogP contribution in [-0.4, -0.2) is 30.8 Å². The fourth-order valence-electron chi connectivity index (χ4n) is 2.82. The van der Waals surface area contributed by atoms with Gasteiger partial charge in [-0.25, -0.2) is 13.2 Å². The highest BCUT2D eigenvalue weighted by molar-refractivity contribution is 8.01. The van der Waals surface area contributed by atoms with E-state index < -0.39 is 15.7 Å². The van der Waals surface area contributed by atoms with Crippen LogP contribution in [0.4, 0.5) is 5.82 Å². The van der Waals surface area contributed by atoms with E-state index in [1.165, 1.54) is 23.8 Å². The van der Waals surface area contributed by atoms with Crippen molar-refractivity contribution in [2.24, 2.45) is 5.92 Å². The molecule has 0 atom stereocenters. The Bertz CT molecular complexity index is 1170. The van der Waals surface area contributed by atoms with E-state index in [1.54, 1.807) is 35.2 Å². The van der Waals surface area contributed by atoms with Crippen molar-refractivity contribution in [3.05, 3.63) is 45.3 Å². The number of sulfonamides is 1. The minimum atomic E-state index is -3.92. The third kappa shape index (κ3) is 4.65. The number of thioether (sulfide) groups is 1. The molecule has 2 aliphatic heterocycles. The Morgan fingerprint density at radius 1 is 1.23 bits per heavy atom. The number of imidazole rings is 1. The number of nitrogens with zero attached hydrogens (tertiary/aromatic N) is 2. The van der Waals surface area contributed by atoms with Gasteiger partial charge in [0, 0.05) is 10.6 Å². The number of aromatic nitrogens is 2. The van der Waals surface area contributed by atoms with Crippen molar-refractivity contribution in [3.63, 3.8) is 0 Å². The third-order valence-corrected chi connectivity index (χ3v) is 8.49. The van der Waals surface area contributed by atoms with E-state index in [0.717, 1.165) is 27.0 Å². The van der Waals surface area contributed by atoms with Crippen LogP contribution in [0.5, 0.6) is 5.75 Å². The van der Waals surface area contributed by atoms with Crippen LogP contribution in [0, 0.1) is 19.8 Å². The zero-order valence-electron chi connectivity index (χ0n) is 17.6. The summed E-state index contributed by atoms with van der Waals surface area (Å²) in [7, 11) is -2.40. The molecule has 3 rings (SSSR count). The van der Waals surface area contributed by atoms with Gasteiger partial charge in [-0.05, 0) is 56.2 Å². The molecule has 2 heterocycles. The Kier molecular flexibility index (Phi) is 6.78. The Balaban J connectivity index is 2.04. The van der Waals surface area contributed by atoms with E-state index in [-0.39, 0.29) is 10.7 Å². The molecule has 1 aromatic carbocycles. The number of fused-ring (bicyclic) bond motifs is 1. The summed E-state index contributed by atoms with van der Waals surface area (Å²) in [6.07, 6.45) is 1.02. The second-order valence-electron chi connectivity index (χ2n) is 7.27. The monoisotopic (exact) mass is 467 g/mol. The highest BCUT2D eigenvalue weighted by atomic mass is 32.2. The minimum absolute atomic E-state index is 0.0576. The van der Waals surface area contributed by atoms with Crippen LogP contribution >= 0.6 is 23.1 Å². The fourth-order valence-corrected chi connectivity index (χ4v) is 6.59. The van der Waals surface area contributed by atoms with Crippen molar-refractivity contribution in [3.8, 4) is 11.4 Å². The highest BCUT2D eigenvalue weighted by Gasteiger charge is 2.26. The van der Waals surface area contributed by atoms with Gasteiger partial charge in [0.05, 0.1) is 16.2 Å². The first-order valence-electron chi connectivity index (χ1n) is 9.46. The van der Waals surface area contributed by atoms with E-state index in [9.17, 15) is 13.2 Å². The average molecular weight is 468 g/mol. The molecule has 0 aliphatic carbocycles. The van der Waals surface area contributed by atoms with E-state index in [4.69, 9.17) is 4.74 Å². The topological polar surface area (TPSA) is 90.3 Å². The predicted octanol–water partition coefficient (Wildman–Crippen LogP) is 4.30. The summed E-state index contributed by atoms with van der Waals surface area (Å²) in [5.74, 6) is 2.04. The molecule has 0 fully saturated rings. The lowest BCUT2D eigenvalue weighted by Crippen LogP contribution is -2.17. The Hall–Kier alpha value is -2.04. The average Bonchev–Trinajstić information content (AvgIpc) is 3.01. The number of rotatable bonds is 8. The zero-order chi connectivity index (χ0) is 22.1. The molecule has 0 radical (unpaired) electrons. The van der Waals surface area contributed by atoms with Crippen LogP contribution in [0.25, 0.3) is 5.69 Å².